The van der Waals surface area contributed by atoms with E-state index in [0.29, 0.717) is 17.7 Å². The molecule has 0 aliphatic rings. The summed E-state index contributed by atoms with van der Waals surface area (Å²) >= 11 is 0. The minimum atomic E-state index is -0.599. The molecule has 2 amide bonds. The number of hydrogen-bond donors (Lipinski definition) is 2. The van der Waals surface area contributed by atoms with Crippen molar-refractivity contribution in [3.8, 4) is 0 Å². The second-order valence-electron chi connectivity index (χ2n) is 8.37. The van der Waals surface area contributed by atoms with Gasteiger partial charge in [-0.15, -0.1) is 0 Å². The summed E-state index contributed by atoms with van der Waals surface area (Å²) < 4.78 is 5.25. The standard InChI is InChI=1S/C29H30N2O5/c1-21(32)30-18-8-9-22-14-16-24(17-15-22)27(33)20-36-28(34)19-26(23-10-4-2-5-11-23)31-29(35)25-12-6-3-7-13-25/h2-7,10-17,26H,8-9,18-20H2,1H3,(H,30,32)(H,31,35). The lowest BCUT2D eigenvalue weighted by atomic mass is 10.0. The molecular formula is C29H30N2O5. The van der Waals surface area contributed by atoms with Gasteiger partial charge in [0.25, 0.3) is 5.91 Å². The Labute approximate surface area is 210 Å². The van der Waals surface area contributed by atoms with Crippen molar-refractivity contribution < 1.29 is 23.9 Å². The Balaban J connectivity index is 1.53. The molecule has 7 nitrogen and oxygen atoms in total. The molecule has 3 rings (SSSR count). The van der Waals surface area contributed by atoms with Crippen LogP contribution >= 0.6 is 0 Å². The molecular weight excluding hydrogens is 456 g/mol. The van der Waals surface area contributed by atoms with Gasteiger partial charge in [-0.05, 0) is 36.1 Å². The number of carbonyl (C=O) groups is 4. The smallest absolute Gasteiger partial charge is 0.308 e. The number of benzene rings is 3. The number of nitrogens with one attached hydrogen (secondary N) is 2. The van der Waals surface area contributed by atoms with E-state index in [1.54, 1.807) is 36.4 Å². The first-order valence-corrected chi connectivity index (χ1v) is 11.9. The second-order valence-corrected chi connectivity index (χ2v) is 8.37. The summed E-state index contributed by atoms with van der Waals surface area (Å²) in [4.78, 5) is 48.7. The molecule has 0 heterocycles. The summed E-state index contributed by atoms with van der Waals surface area (Å²) in [5.74, 6) is -1.25. The minimum absolute atomic E-state index is 0.0563. The van der Waals surface area contributed by atoms with Crippen LogP contribution in [0.2, 0.25) is 0 Å². The SMILES string of the molecule is CC(=O)NCCCc1ccc(C(=O)COC(=O)CC(NC(=O)c2ccccc2)c2ccccc2)cc1. The van der Waals surface area contributed by atoms with Crippen LogP contribution in [0.15, 0.2) is 84.9 Å². The monoisotopic (exact) mass is 486 g/mol. The van der Waals surface area contributed by atoms with Gasteiger partial charge in [0.05, 0.1) is 12.5 Å². The van der Waals surface area contributed by atoms with Gasteiger partial charge in [0.1, 0.15) is 0 Å². The van der Waals surface area contributed by atoms with Crippen LogP contribution < -0.4 is 10.6 Å². The van der Waals surface area contributed by atoms with E-state index in [4.69, 9.17) is 4.74 Å². The molecule has 1 unspecified atom stereocenters. The molecule has 1 atom stereocenters. The third-order valence-electron chi connectivity index (χ3n) is 5.57. The normalized spacial score (nSPS) is 11.2. The van der Waals surface area contributed by atoms with Gasteiger partial charge >= 0.3 is 5.97 Å². The quantitative estimate of drug-likeness (QED) is 0.229. The van der Waals surface area contributed by atoms with Gasteiger partial charge < -0.3 is 15.4 Å². The number of rotatable bonds is 12. The molecule has 0 aliphatic carbocycles. The van der Waals surface area contributed by atoms with Crippen molar-refractivity contribution in [2.75, 3.05) is 13.2 Å². The first-order valence-electron chi connectivity index (χ1n) is 11.9. The zero-order valence-corrected chi connectivity index (χ0v) is 20.2. The Morgan fingerprint density at radius 1 is 0.806 bits per heavy atom. The van der Waals surface area contributed by atoms with Gasteiger partial charge in [0.2, 0.25) is 5.91 Å². The maximum absolute atomic E-state index is 12.7. The highest BCUT2D eigenvalue weighted by molar-refractivity contribution is 5.98. The predicted molar refractivity (Wildman–Crippen MR) is 136 cm³/mol. The van der Waals surface area contributed by atoms with E-state index in [1.165, 1.54) is 6.92 Å². The number of amides is 2. The topological polar surface area (TPSA) is 102 Å². The van der Waals surface area contributed by atoms with Gasteiger partial charge in [0, 0.05) is 24.6 Å². The fourth-order valence-corrected chi connectivity index (χ4v) is 3.64. The maximum atomic E-state index is 12.7. The van der Waals surface area contributed by atoms with Crippen molar-refractivity contribution in [3.05, 3.63) is 107 Å². The molecule has 0 aromatic heterocycles. The summed E-state index contributed by atoms with van der Waals surface area (Å²) in [7, 11) is 0. The molecule has 0 saturated heterocycles. The molecule has 36 heavy (non-hydrogen) atoms. The lowest BCUT2D eigenvalue weighted by molar-refractivity contribution is -0.143. The Kier molecular flexibility index (Phi) is 9.94. The summed E-state index contributed by atoms with van der Waals surface area (Å²) in [6, 6.07) is 24.4. The molecule has 186 valence electrons. The van der Waals surface area contributed by atoms with E-state index in [2.05, 4.69) is 10.6 Å². The van der Waals surface area contributed by atoms with Crippen LogP contribution in [0.5, 0.6) is 0 Å². The van der Waals surface area contributed by atoms with Crippen LogP contribution in [0.1, 0.15) is 57.7 Å². The highest BCUT2D eigenvalue weighted by atomic mass is 16.5. The highest BCUT2D eigenvalue weighted by Gasteiger charge is 2.21. The van der Waals surface area contributed by atoms with Crippen molar-refractivity contribution in [2.45, 2.75) is 32.2 Å². The van der Waals surface area contributed by atoms with Crippen LogP contribution in [0, 0.1) is 0 Å². The van der Waals surface area contributed by atoms with E-state index in [-0.39, 0.29) is 30.6 Å². The van der Waals surface area contributed by atoms with Gasteiger partial charge in [-0.25, -0.2) is 0 Å². The first kappa shape index (κ1) is 26.3. The number of ketones is 1. The third-order valence-corrected chi connectivity index (χ3v) is 5.57. The molecule has 3 aromatic carbocycles. The Hall–Kier alpha value is -4.26. The Bertz CT molecular complexity index is 1160. The molecule has 0 radical (unpaired) electrons. The van der Waals surface area contributed by atoms with Crippen LogP contribution in [0.4, 0.5) is 0 Å². The minimum Gasteiger partial charge on any atom is -0.457 e. The number of hydrogen-bond acceptors (Lipinski definition) is 5. The lowest BCUT2D eigenvalue weighted by Crippen LogP contribution is -2.31. The number of aryl methyl sites for hydroxylation is 1. The third kappa shape index (κ3) is 8.51. The Morgan fingerprint density at radius 3 is 2.08 bits per heavy atom. The lowest BCUT2D eigenvalue weighted by Gasteiger charge is -2.18. The largest absolute Gasteiger partial charge is 0.457 e. The summed E-state index contributed by atoms with van der Waals surface area (Å²) in [5.41, 5.74) is 2.75. The van der Waals surface area contributed by atoms with Crippen LogP contribution in [0.3, 0.4) is 0 Å². The molecule has 7 heteroatoms. The van der Waals surface area contributed by atoms with E-state index in [9.17, 15) is 19.2 Å². The van der Waals surface area contributed by atoms with Crippen LogP contribution in [-0.2, 0) is 20.7 Å². The van der Waals surface area contributed by atoms with Gasteiger partial charge in [-0.1, -0.05) is 72.8 Å². The van der Waals surface area contributed by atoms with E-state index in [0.717, 1.165) is 24.0 Å². The number of carbonyl (C=O) groups excluding carboxylic acids is 4. The highest BCUT2D eigenvalue weighted by Crippen LogP contribution is 2.18. The fourth-order valence-electron chi connectivity index (χ4n) is 3.64. The zero-order chi connectivity index (χ0) is 25.8. The van der Waals surface area contributed by atoms with Gasteiger partial charge in [-0.3, -0.25) is 19.2 Å². The number of Topliss-reactive ketones (excluding diaryl/α,β-unsaturated/α-hetero) is 1. The molecule has 0 aliphatic heterocycles. The number of ether oxygens (including phenoxy) is 1. The van der Waals surface area contributed by atoms with Crippen LogP contribution in [-0.4, -0.2) is 36.7 Å². The first-order chi connectivity index (χ1) is 17.4. The average Bonchev–Trinajstić information content (AvgIpc) is 2.90. The molecule has 0 spiro atoms. The summed E-state index contributed by atoms with van der Waals surface area (Å²) in [5, 5.41) is 5.64. The van der Waals surface area contributed by atoms with Crippen molar-refractivity contribution in [3.63, 3.8) is 0 Å². The molecule has 0 fully saturated rings. The van der Waals surface area contributed by atoms with Gasteiger partial charge in [-0.2, -0.15) is 0 Å². The predicted octanol–water partition coefficient (Wildman–Crippen LogP) is 4.04. The molecule has 0 saturated carbocycles. The fraction of sp³-hybridized carbons (Fsp3) is 0.241. The zero-order valence-electron chi connectivity index (χ0n) is 20.2. The second kappa shape index (κ2) is 13.6. The molecule has 0 bridgehead atoms. The molecule has 3 aromatic rings. The summed E-state index contributed by atoms with van der Waals surface area (Å²) in [6.07, 6.45) is 1.47. The van der Waals surface area contributed by atoms with E-state index >= 15 is 0 Å². The van der Waals surface area contributed by atoms with E-state index < -0.39 is 12.0 Å². The average molecular weight is 487 g/mol. The van der Waals surface area contributed by atoms with Crippen molar-refractivity contribution in [2.24, 2.45) is 0 Å². The van der Waals surface area contributed by atoms with Crippen molar-refractivity contribution >= 4 is 23.6 Å². The summed E-state index contributed by atoms with van der Waals surface area (Å²) in [6.45, 7) is 1.70. The van der Waals surface area contributed by atoms with Crippen LogP contribution in [0.25, 0.3) is 0 Å². The van der Waals surface area contributed by atoms with Crippen molar-refractivity contribution in [1.82, 2.24) is 10.6 Å². The van der Waals surface area contributed by atoms with Crippen molar-refractivity contribution in [1.29, 1.82) is 0 Å². The van der Waals surface area contributed by atoms with E-state index in [1.807, 2.05) is 48.5 Å². The van der Waals surface area contributed by atoms with Gasteiger partial charge in [0.15, 0.2) is 12.4 Å². The number of esters is 1. The molecule has 2 N–H and O–H groups in total. The Morgan fingerprint density at radius 2 is 1.44 bits per heavy atom. The maximum Gasteiger partial charge on any atom is 0.308 e.